The molecule has 1 N–H and O–H groups in total. The van der Waals surface area contributed by atoms with E-state index in [2.05, 4.69) is 51.3 Å². The van der Waals surface area contributed by atoms with Crippen molar-refractivity contribution < 1.29 is 0 Å². The van der Waals surface area contributed by atoms with Crippen LogP contribution in [0.15, 0.2) is 22.7 Å². The van der Waals surface area contributed by atoms with Crippen LogP contribution in [-0.4, -0.2) is 31.1 Å². The Morgan fingerprint density at radius 3 is 2.61 bits per heavy atom. The summed E-state index contributed by atoms with van der Waals surface area (Å²) in [6.45, 7) is 6.79. The molecule has 2 fully saturated rings. The van der Waals surface area contributed by atoms with E-state index < -0.39 is 0 Å². The quantitative estimate of drug-likeness (QED) is 0.923. The zero-order valence-corrected chi connectivity index (χ0v) is 12.5. The van der Waals surface area contributed by atoms with Gasteiger partial charge in [0, 0.05) is 36.7 Å². The number of aryl methyl sites for hydroxylation is 1. The van der Waals surface area contributed by atoms with Crippen LogP contribution in [0.5, 0.6) is 0 Å². The summed E-state index contributed by atoms with van der Waals surface area (Å²) in [6, 6.07) is 7.46. The highest BCUT2D eigenvalue weighted by Crippen LogP contribution is 2.46. The molecule has 0 radical (unpaired) electrons. The van der Waals surface area contributed by atoms with Crippen LogP contribution in [-0.2, 0) is 0 Å². The molecule has 1 saturated carbocycles. The highest BCUT2D eigenvalue weighted by atomic mass is 79.9. The standard InChI is InChI=1S/C15H21BrN2/c1-11-2-5-13(14(16)10-11)15(12-3-4-12)18-8-6-17-7-9-18/h2,5,10,12,15,17H,3-4,6-9H2,1H3/t15-/m0/s1. The highest BCUT2D eigenvalue weighted by Gasteiger charge is 2.37. The third-order valence-electron chi connectivity index (χ3n) is 4.09. The molecule has 18 heavy (non-hydrogen) atoms. The van der Waals surface area contributed by atoms with E-state index in [1.165, 1.54) is 41.5 Å². The lowest BCUT2D eigenvalue weighted by molar-refractivity contribution is 0.155. The Hall–Kier alpha value is -0.380. The highest BCUT2D eigenvalue weighted by molar-refractivity contribution is 9.10. The van der Waals surface area contributed by atoms with Crippen LogP contribution in [0, 0.1) is 12.8 Å². The zero-order valence-electron chi connectivity index (χ0n) is 11.0. The van der Waals surface area contributed by atoms with Gasteiger partial charge in [-0.2, -0.15) is 0 Å². The van der Waals surface area contributed by atoms with Gasteiger partial charge in [-0.3, -0.25) is 4.90 Å². The van der Waals surface area contributed by atoms with E-state index in [1.807, 2.05) is 0 Å². The van der Waals surface area contributed by atoms with Crippen LogP contribution < -0.4 is 5.32 Å². The van der Waals surface area contributed by atoms with Crippen molar-refractivity contribution in [1.82, 2.24) is 10.2 Å². The average Bonchev–Trinajstić information content (AvgIpc) is 3.18. The van der Waals surface area contributed by atoms with E-state index >= 15 is 0 Å². The van der Waals surface area contributed by atoms with Crippen LogP contribution in [0.1, 0.15) is 30.0 Å². The fraction of sp³-hybridized carbons (Fsp3) is 0.600. The molecule has 2 nitrogen and oxygen atoms in total. The third-order valence-corrected chi connectivity index (χ3v) is 4.77. The van der Waals surface area contributed by atoms with Gasteiger partial charge in [-0.15, -0.1) is 0 Å². The van der Waals surface area contributed by atoms with Crippen LogP contribution >= 0.6 is 15.9 Å². The molecular formula is C15H21BrN2. The summed E-state index contributed by atoms with van der Waals surface area (Å²) in [5, 5.41) is 3.45. The zero-order chi connectivity index (χ0) is 12.5. The summed E-state index contributed by atoms with van der Waals surface area (Å²) in [6.07, 6.45) is 2.80. The van der Waals surface area contributed by atoms with Crippen molar-refractivity contribution in [2.45, 2.75) is 25.8 Å². The summed E-state index contributed by atoms with van der Waals surface area (Å²) in [4.78, 5) is 2.67. The van der Waals surface area contributed by atoms with E-state index in [-0.39, 0.29) is 0 Å². The van der Waals surface area contributed by atoms with E-state index in [1.54, 1.807) is 0 Å². The van der Waals surface area contributed by atoms with Crippen LogP contribution in [0.3, 0.4) is 0 Å². The number of nitrogens with one attached hydrogen (secondary N) is 1. The molecule has 0 unspecified atom stereocenters. The lowest BCUT2D eigenvalue weighted by atomic mass is 9.99. The fourth-order valence-corrected chi connectivity index (χ4v) is 3.72. The van der Waals surface area contributed by atoms with Gasteiger partial charge in [0.1, 0.15) is 0 Å². The van der Waals surface area contributed by atoms with Crippen molar-refractivity contribution in [3.05, 3.63) is 33.8 Å². The van der Waals surface area contributed by atoms with Gasteiger partial charge in [0.2, 0.25) is 0 Å². The molecule has 2 aliphatic rings. The minimum absolute atomic E-state index is 0.627. The second-order valence-electron chi connectivity index (χ2n) is 5.59. The first-order chi connectivity index (χ1) is 8.75. The average molecular weight is 309 g/mol. The van der Waals surface area contributed by atoms with Gasteiger partial charge >= 0.3 is 0 Å². The SMILES string of the molecule is Cc1ccc([C@H](C2CC2)N2CCNCC2)c(Br)c1. The molecule has 1 aromatic rings. The van der Waals surface area contributed by atoms with Crippen molar-refractivity contribution >= 4 is 15.9 Å². The van der Waals surface area contributed by atoms with E-state index in [0.717, 1.165) is 19.0 Å². The summed E-state index contributed by atoms with van der Waals surface area (Å²) in [5.41, 5.74) is 2.82. The maximum atomic E-state index is 3.77. The van der Waals surface area contributed by atoms with Crippen LogP contribution in [0.4, 0.5) is 0 Å². The molecule has 3 rings (SSSR count). The number of benzene rings is 1. The molecule has 1 aromatic carbocycles. The fourth-order valence-electron chi connectivity index (χ4n) is 2.99. The normalized spacial score (nSPS) is 23.0. The van der Waals surface area contributed by atoms with Gasteiger partial charge < -0.3 is 5.32 Å². The number of halogens is 1. The first kappa shape index (κ1) is 12.6. The van der Waals surface area contributed by atoms with Gasteiger partial charge in [0.15, 0.2) is 0 Å². The Morgan fingerprint density at radius 2 is 2.00 bits per heavy atom. The Labute approximate surface area is 118 Å². The Balaban J connectivity index is 1.88. The Kier molecular flexibility index (Phi) is 3.73. The molecule has 98 valence electrons. The molecule has 3 heteroatoms. The van der Waals surface area contributed by atoms with Gasteiger partial charge in [-0.05, 0) is 42.9 Å². The third kappa shape index (κ3) is 2.63. The molecule has 0 spiro atoms. The second-order valence-corrected chi connectivity index (χ2v) is 6.45. The Bertz CT molecular complexity index is 423. The summed E-state index contributed by atoms with van der Waals surface area (Å²) in [5.74, 6) is 0.877. The summed E-state index contributed by atoms with van der Waals surface area (Å²) >= 11 is 3.77. The lowest BCUT2D eigenvalue weighted by Gasteiger charge is -2.36. The van der Waals surface area contributed by atoms with Gasteiger partial charge in [0.25, 0.3) is 0 Å². The summed E-state index contributed by atoms with van der Waals surface area (Å²) in [7, 11) is 0. The van der Waals surface area contributed by atoms with Gasteiger partial charge in [-0.1, -0.05) is 28.1 Å². The molecule has 1 saturated heterocycles. The van der Waals surface area contributed by atoms with Crippen molar-refractivity contribution in [3.63, 3.8) is 0 Å². The van der Waals surface area contributed by atoms with E-state index in [0.29, 0.717) is 6.04 Å². The van der Waals surface area contributed by atoms with Crippen molar-refractivity contribution in [2.75, 3.05) is 26.2 Å². The van der Waals surface area contributed by atoms with Gasteiger partial charge in [0.05, 0.1) is 0 Å². The molecule has 1 atom stereocenters. The number of hydrogen-bond donors (Lipinski definition) is 1. The first-order valence-electron chi connectivity index (χ1n) is 6.96. The largest absolute Gasteiger partial charge is 0.314 e. The predicted octanol–water partition coefficient (Wildman–Crippen LogP) is 3.11. The number of hydrogen-bond acceptors (Lipinski definition) is 2. The molecule has 0 amide bonds. The lowest BCUT2D eigenvalue weighted by Crippen LogP contribution is -2.45. The minimum atomic E-state index is 0.627. The molecule has 1 aliphatic heterocycles. The molecule has 1 aliphatic carbocycles. The predicted molar refractivity (Wildman–Crippen MR) is 78.8 cm³/mol. The molecule has 0 aromatic heterocycles. The minimum Gasteiger partial charge on any atom is -0.314 e. The van der Waals surface area contributed by atoms with Crippen LogP contribution in [0.2, 0.25) is 0 Å². The maximum Gasteiger partial charge on any atom is 0.0388 e. The van der Waals surface area contributed by atoms with Crippen molar-refractivity contribution in [2.24, 2.45) is 5.92 Å². The van der Waals surface area contributed by atoms with Crippen molar-refractivity contribution in [3.8, 4) is 0 Å². The van der Waals surface area contributed by atoms with Crippen LogP contribution in [0.25, 0.3) is 0 Å². The first-order valence-corrected chi connectivity index (χ1v) is 7.76. The summed E-state index contributed by atoms with van der Waals surface area (Å²) < 4.78 is 1.29. The number of nitrogens with zero attached hydrogens (tertiary/aromatic N) is 1. The maximum absolute atomic E-state index is 3.77. The van der Waals surface area contributed by atoms with E-state index in [4.69, 9.17) is 0 Å². The topological polar surface area (TPSA) is 15.3 Å². The second kappa shape index (κ2) is 5.32. The molecule has 1 heterocycles. The Morgan fingerprint density at radius 1 is 1.28 bits per heavy atom. The molecular weight excluding hydrogens is 288 g/mol. The number of rotatable bonds is 3. The van der Waals surface area contributed by atoms with Gasteiger partial charge in [-0.25, -0.2) is 0 Å². The smallest absolute Gasteiger partial charge is 0.0388 e. The van der Waals surface area contributed by atoms with E-state index in [9.17, 15) is 0 Å². The monoisotopic (exact) mass is 308 g/mol. The number of piperazine rings is 1. The van der Waals surface area contributed by atoms with Crippen molar-refractivity contribution in [1.29, 1.82) is 0 Å². The molecule has 0 bridgehead atoms.